The molecule has 0 saturated carbocycles. The fourth-order valence-corrected chi connectivity index (χ4v) is 5.03. The van der Waals surface area contributed by atoms with Crippen molar-refractivity contribution in [3.05, 3.63) is 6.42 Å². The van der Waals surface area contributed by atoms with E-state index in [9.17, 15) is 0 Å². The minimum absolute atomic E-state index is 0.614. The van der Waals surface area contributed by atoms with Gasteiger partial charge in [-0.25, -0.2) is 3.89 Å². The molecular weight excluding hydrogens is 378 g/mol. The van der Waals surface area contributed by atoms with Crippen LogP contribution in [0.2, 0.25) is 0 Å². The number of nitrogens with zero attached hydrogens (tertiary/aromatic N) is 1. The maximum absolute atomic E-state index is 6.08. The van der Waals surface area contributed by atoms with E-state index in [2.05, 4.69) is 48.0 Å². The van der Waals surface area contributed by atoms with Crippen LogP contribution in [0.5, 0.6) is 0 Å². The Kier molecular flexibility index (Phi) is 17.4. The van der Waals surface area contributed by atoms with E-state index in [1.54, 1.807) is 0 Å². The summed E-state index contributed by atoms with van der Waals surface area (Å²) in [5, 5.41) is 0. The van der Waals surface area contributed by atoms with E-state index in [1.165, 1.54) is 77.0 Å². The molecule has 1 nitrogen and oxygen atoms in total. The van der Waals surface area contributed by atoms with E-state index >= 15 is 0 Å². The molecule has 0 spiro atoms. The summed E-state index contributed by atoms with van der Waals surface area (Å²) >= 11 is 11.4. The first-order chi connectivity index (χ1) is 13.4. The molecule has 0 aromatic heterocycles. The Morgan fingerprint density at radius 2 is 1.18 bits per heavy atom. The lowest BCUT2D eigenvalue weighted by molar-refractivity contribution is -0.702. The van der Waals surface area contributed by atoms with Gasteiger partial charge in [0.1, 0.15) is 0 Å². The zero-order valence-corrected chi connectivity index (χ0v) is 21.7. The monoisotopic (exact) mass is 429 g/mol. The average Bonchev–Trinajstić information content (AvgIpc) is 2.71. The summed E-state index contributed by atoms with van der Waals surface area (Å²) in [6.45, 7) is 16.1. The van der Waals surface area contributed by atoms with Crippen molar-refractivity contribution in [3.8, 4) is 0 Å². The predicted octanol–water partition coefficient (Wildman–Crippen LogP) is 8.83. The van der Waals surface area contributed by atoms with Gasteiger partial charge in [0.05, 0.1) is 32.3 Å². The van der Waals surface area contributed by atoms with Crippen LogP contribution in [0.25, 0.3) is 0 Å². The van der Waals surface area contributed by atoms with Gasteiger partial charge in [-0.1, -0.05) is 86.5 Å². The molecule has 28 heavy (non-hydrogen) atoms. The Hall–Kier alpha value is 0.400. The molecule has 3 heteroatoms. The zero-order valence-electron chi connectivity index (χ0n) is 20.0. The van der Waals surface area contributed by atoms with Gasteiger partial charge in [0.25, 0.3) is 0 Å². The first-order valence-electron chi connectivity index (χ1n) is 12.4. The molecule has 3 atom stereocenters. The molecule has 0 heterocycles. The minimum Gasteiger partial charge on any atom is -0.226 e. The molecule has 0 rings (SSSR count). The number of hydrogen-bond donors (Lipinski definition) is 1. The van der Waals surface area contributed by atoms with Gasteiger partial charge in [0.2, 0.25) is 0 Å². The van der Waals surface area contributed by atoms with Gasteiger partial charge >= 0.3 is 0 Å². The van der Waals surface area contributed by atoms with Crippen LogP contribution in [-0.4, -0.2) is 22.0 Å². The van der Waals surface area contributed by atoms with Gasteiger partial charge in [0.15, 0.2) is 4.99 Å². The molecule has 0 aliphatic rings. The molecule has 1 radical (unpaired) electrons. The van der Waals surface area contributed by atoms with E-state index < -0.39 is 0 Å². The van der Waals surface area contributed by atoms with Crippen molar-refractivity contribution >= 4 is 30.0 Å². The van der Waals surface area contributed by atoms with Crippen molar-refractivity contribution in [2.45, 2.75) is 119 Å². The Morgan fingerprint density at radius 3 is 1.54 bits per heavy atom. The molecule has 0 amide bonds. The van der Waals surface area contributed by atoms with Crippen molar-refractivity contribution in [3.63, 3.8) is 0 Å². The van der Waals surface area contributed by atoms with E-state index in [-0.39, 0.29) is 0 Å². The van der Waals surface area contributed by atoms with E-state index in [1.807, 2.05) is 0 Å². The zero-order chi connectivity index (χ0) is 21.4. The molecule has 0 aromatic carbocycles. The smallest absolute Gasteiger partial charge is 0.189 e. The van der Waals surface area contributed by atoms with Gasteiger partial charge < -0.3 is 0 Å². The van der Waals surface area contributed by atoms with Gasteiger partial charge in [-0.3, -0.25) is 0 Å². The highest BCUT2D eigenvalue weighted by Gasteiger charge is 2.36. The van der Waals surface area contributed by atoms with Crippen LogP contribution in [0, 0.1) is 24.2 Å². The minimum atomic E-state index is 0.614. The molecule has 0 aliphatic heterocycles. The fraction of sp³-hybridized carbons (Fsp3) is 0.920. The van der Waals surface area contributed by atoms with Crippen molar-refractivity contribution in [1.29, 1.82) is 0 Å². The summed E-state index contributed by atoms with van der Waals surface area (Å²) in [6, 6.07) is 0. The number of rotatable bonds is 18. The second-order valence-corrected chi connectivity index (χ2v) is 10.1. The molecular formula is C25H51NS2+. The molecule has 0 aromatic rings. The second kappa shape index (κ2) is 17.1. The highest BCUT2D eigenvalue weighted by Crippen LogP contribution is 2.30. The summed E-state index contributed by atoms with van der Waals surface area (Å²) in [7, 11) is 0. The Bertz CT molecular complexity index is 365. The molecule has 3 unspecified atom stereocenters. The molecule has 0 saturated heterocycles. The van der Waals surface area contributed by atoms with Gasteiger partial charge in [-0.15, -0.1) is 0 Å². The highest BCUT2D eigenvalue weighted by molar-refractivity contribution is 7.82. The Balaban J connectivity index is 5.33. The van der Waals surface area contributed by atoms with Gasteiger partial charge in [-0.05, 0) is 50.2 Å². The first kappa shape index (κ1) is 28.4. The summed E-state index contributed by atoms with van der Waals surface area (Å²) in [4.78, 5) is 1.09. The van der Waals surface area contributed by atoms with E-state index in [0.29, 0.717) is 9.81 Å². The van der Waals surface area contributed by atoms with Gasteiger partial charge in [0, 0.05) is 11.8 Å². The summed E-state index contributed by atoms with van der Waals surface area (Å²) in [6.07, 6.45) is 17.7. The summed E-state index contributed by atoms with van der Waals surface area (Å²) < 4.78 is 0.697. The Labute approximate surface area is 189 Å². The average molecular weight is 430 g/mol. The quantitative estimate of drug-likeness (QED) is 0.129. The lowest BCUT2D eigenvalue weighted by Gasteiger charge is -2.38. The molecule has 0 bridgehead atoms. The van der Waals surface area contributed by atoms with E-state index in [0.717, 1.165) is 29.9 Å². The lowest BCUT2D eigenvalue weighted by atomic mass is 9.93. The number of unbranched alkanes of at least 4 members (excludes halogenated alkanes) is 3. The molecule has 0 N–H and O–H groups in total. The number of thiol groups is 1. The third-order valence-electron chi connectivity index (χ3n) is 6.45. The van der Waals surface area contributed by atoms with Crippen molar-refractivity contribution in [2.24, 2.45) is 17.8 Å². The van der Waals surface area contributed by atoms with Gasteiger partial charge in [-0.2, -0.15) is 0 Å². The Morgan fingerprint density at radius 1 is 0.750 bits per heavy atom. The van der Waals surface area contributed by atoms with Crippen LogP contribution < -0.4 is 0 Å². The third-order valence-corrected chi connectivity index (χ3v) is 7.61. The lowest BCUT2D eigenvalue weighted by Crippen LogP contribution is -2.50. The molecule has 0 aliphatic carbocycles. The van der Waals surface area contributed by atoms with Crippen LogP contribution in [0.4, 0.5) is 0 Å². The maximum atomic E-state index is 6.08. The van der Waals surface area contributed by atoms with Crippen LogP contribution in [0.15, 0.2) is 0 Å². The number of thiocarbonyl (C=S) groups is 1. The second-order valence-electron chi connectivity index (χ2n) is 8.94. The third kappa shape index (κ3) is 11.6. The predicted molar refractivity (Wildman–Crippen MR) is 136 cm³/mol. The highest BCUT2D eigenvalue weighted by atomic mass is 32.1. The first-order valence-corrected chi connectivity index (χ1v) is 13.2. The van der Waals surface area contributed by atoms with E-state index in [4.69, 9.17) is 25.0 Å². The summed E-state index contributed by atoms with van der Waals surface area (Å²) in [5.41, 5.74) is 0. The standard InChI is InChI=1S/C25H51NS2/c1-7-13-16-22(10-4)19-25(27)26(28,20-23(11-5)17-14-8-2)21-24(12-6)18-15-9-3/h19,22-24,28H,7-18,20-21H2,1-6H3/q+1. The fourth-order valence-electron chi connectivity index (χ4n) is 4.16. The molecule has 167 valence electrons. The number of hydrogen-bond acceptors (Lipinski definition) is 2. The normalized spacial score (nSPS) is 17.1. The van der Waals surface area contributed by atoms with Crippen LogP contribution >= 0.6 is 25.0 Å². The van der Waals surface area contributed by atoms with Crippen LogP contribution in [0.3, 0.4) is 0 Å². The SMILES string of the molecule is CCCCC([CH]C(=S)[N+](S)(CC(CC)CCCC)CC(CC)CCCC)CC. The topological polar surface area (TPSA) is 0 Å². The van der Waals surface area contributed by atoms with Crippen molar-refractivity contribution in [2.75, 3.05) is 13.1 Å². The van der Waals surface area contributed by atoms with Crippen molar-refractivity contribution < 1.29 is 3.89 Å². The number of quaternary nitrogens is 1. The molecule has 0 fully saturated rings. The summed E-state index contributed by atoms with van der Waals surface area (Å²) in [5.74, 6) is 2.06. The van der Waals surface area contributed by atoms with Crippen LogP contribution in [-0.2, 0) is 0 Å². The van der Waals surface area contributed by atoms with Crippen molar-refractivity contribution in [1.82, 2.24) is 0 Å². The largest absolute Gasteiger partial charge is 0.226 e. The maximum Gasteiger partial charge on any atom is 0.189 e. The van der Waals surface area contributed by atoms with Crippen LogP contribution in [0.1, 0.15) is 119 Å².